The molecule has 0 aromatic carbocycles. The summed E-state index contributed by atoms with van der Waals surface area (Å²) in [6.07, 6.45) is 70.7. The summed E-state index contributed by atoms with van der Waals surface area (Å²) >= 11 is 0. The van der Waals surface area contributed by atoms with Crippen molar-refractivity contribution in [3.8, 4) is 0 Å². The summed E-state index contributed by atoms with van der Waals surface area (Å²) in [4.78, 5) is 38.3. The monoisotopic (exact) mass is 1000 g/mol. The summed E-state index contributed by atoms with van der Waals surface area (Å²) in [5.74, 6) is -0.837. The fourth-order valence-corrected chi connectivity index (χ4v) is 9.91. The molecule has 6 nitrogen and oxygen atoms in total. The van der Waals surface area contributed by atoms with Crippen LogP contribution in [-0.2, 0) is 28.6 Å². The van der Waals surface area contributed by atoms with Crippen molar-refractivity contribution in [1.82, 2.24) is 0 Å². The second-order valence-corrected chi connectivity index (χ2v) is 22.0. The molecule has 0 N–H and O–H groups in total. The van der Waals surface area contributed by atoms with Crippen LogP contribution in [-0.4, -0.2) is 37.2 Å². The first-order valence-corrected chi connectivity index (χ1v) is 32.2. The maximum atomic E-state index is 12.9. The highest BCUT2D eigenvalue weighted by Crippen LogP contribution is 2.18. The molecular weight excluding hydrogens is 877 g/mol. The standard InChI is InChI=1S/C65H124O6/c1-4-7-10-13-16-19-22-25-28-31-33-35-37-40-43-46-49-52-55-58-64(67)70-61-62(60-69-63(66)57-54-51-48-45-42-39-36-30-27-24-21-18-15-12-9-6-3)71-65(68)59-56-53-50-47-44-41-38-34-32-29-26-23-20-17-14-11-8-5-2/h31,33,62H,4-30,32,34-61H2,1-3H3/b33-31-. The number of unbranched alkanes of at least 4 members (excludes halogenated alkanes) is 47. The minimum absolute atomic E-state index is 0.0646. The average molecular weight is 1000 g/mol. The Morgan fingerprint density at radius 2 is 0.465 bits per heavy atom. The Balaban J connectivity index is 4.30. The van der Waals surface area contributed by atoms with Gasteiger partial charge in [0.15, 0.2) is 6.10 Å². The Labute approximate surface area is 443 Å². The first-order valence-electron chi connectivity index (χ1n) is 32.2. The van der Waals surface area contributed by atoms with Gasteiger partial charge in [0.1, 0.15) is 13.2 Å². The Morgan fingerprint density at radius 1 is 0.268 bits per heavy atom. The molecule has 0 heterocycles. The van der Waals surface area contributed by atoms with Gasteiger partial charge in [-0.05, 0) is 44.9 Å². The molecule has 0 aliphatic carbocycles. The van der Waals surface area contributed by atoms with Crippen molar-refractivity contribution in [3.63, 3.8) is 0 Å². The van der Waals surface area contributed by atoms with Crippen LogP contribution in [0.2, 0.25) is 0 Å². The van der Waals surface area contributed by atoms with E-state index in [4.69, 9.17) is 14.2 Å². The van der Waals surface area contributed by atoms with Crippen LogP contribution in [0.3, 0.4) is 0 Å². The van der Waals surface area contributed by atoms with Crippen LogP contribution in [0.1, 0.15) is 367 Å². The van der Waals surface area contributed by atoms with E-state index in [9.17, 15) is 14.4 Å². The quantitative estimate of drug-likeness (QED) is 0.0261. The maximum absolute atomic E-state index is 12.9. The lowest BCUT2D eigenvalue weighted by molar-refractivity contribution is -0.167. The molecular formula is C65H124O6. The highest BCUT2D eigenvalue weighted by molar-refractivity contribution is 5.71. The van der Waals surface area contributed by atoms with Gasteiger partial charge in [-0.2, -0.15) is 0 Å². The number of carbonyl (C=O) groups excluding carboxylic acids is 3. The van der Waals surface area contributed by atoms with Crippen LogP contribution >= 0.6 is 0 Å². The van der Waals surface area contributed by atoms with Crippen LogP contribution in [0.25, 0.3) is 0 Å². The van der Waals surface area contributed by atoms with Gasteiger partial charge in [0, 0.05) is 19.3 Å². The van der Waals surface area contributed by atoms with E-state index in [2.05, 4.69) is 32.9 Å². The van der Waals surface area contributed by atoms with E-state index in [0.29, 0.717) is 19.3 Å². The van der Waals surface area contributed by atoms with E-state index < -0.39 is 6.10 Å². The smallest absolute Gasteiger partial charge is 0.306 e. The second-order valence-electron chi connectivity index (χ2n) is 22.0. The molecule has 0 aliphatic heterocycles. The lowest BCUT2D eigenvalue weighted by Gasteiger charge is -2.18. The predicted octanol–water partition coefficient (Wildman–Crippen LogP) is 21.7. The van der Waals surface area contributed by atoms with Gasteiger partial charge >= 0.3 is 17.9 Å². The van der Waals surface area contributed by atoms with Crippen molar-refractivity contribution in [1.29, 1.82) is 0 Å². The van der Waals surface area contributed by atoms with Crippen molar-refractivity contribution in [2.75, 3.05) is 13.2 Å². The van der Waals surface area contributed by atoms with Gasteiger partial charge in [0.25, 0.3) is 0 Å². The van der Waals surface area contributed by atoms with Crippen LogP contribution < -0.4 is 0 Å². The van der Waals surface area contributed by atoms with Crippen molar-refractivity contribution in [2.24, 2.45) is 0 Å². The number of hydrogen-bond donors (Lipinski definition) is 0. The minimum atomic E-state index is -0.767. The molecule has 6 heteroatoms. The highest BCUT2D eigenvalue weighted by atomic mass is 16.6. The van der Waals surface area contributed by atoms with Crippen molar-refractivity contribution in [2.45, 2.75) is 374 Å². The molecule has 420 valence electrons. The van der Waals surface area contributed by atoms with Crippen molar-refractivity contribution >= 4 is 17.9 Å². The number of hydrogen-bond acceptors (Lipinski definition) is 6. The third-order valence-corrected chi connectivity index (χ3v) is 14.8. The Bertz CT molecular complexity index is 1100. The largest absolute Gasteiger partial charge is 0.462 e. The van der Waals surface area contributed by atoms with E-state index in [1.165, 1.54) is 270 Å². The maximum Gasteiger partial charge on any atom is 0.306 e. The van der Waals surface area contributed by atoms with Gasteiger partial charge in [-0.1, -0.05) is 315 Å². The van der Waals surface area contributed by atoms with Crippen molar-refractivity contribution in [3.05, 3.63) is 12.2 Å². The zero-order valence-corrected chi connectivity index (χ0v) is 48.3. The first kappa shape index (κ1) is 69.2. The molecule has 0 saturated heterocycles. The lowest BCUT2D eigenvalue weighted by atomic mass is 10.0. The summed E-state index contributed by atoms with van der Waals surface area (Å²) in [7, 11) is 0. The van der Waals surface area contributed by atoms with Crippen molar-refractivity contribution < 1.29 is 28.6 Å². The molecule has 0 aliphatic rings. The van der Waals surface area contributed by atoms with Gasteiger partial charge < -0.3 is 14.2 Å². The van der Waals surface area contributed by atoms with E-state index in [-0.39, 0.29) is 31.1 Å². The predicted molar refractivity (Wildman–Crippen MR) is 307 cm³/mol. The topological polar surface area (TPSA) is 78.9 Å². The minimum Gasteiger partial charge on any atom is -0.462 e. The van der Waals surface area contributed by atoms with Crippen LogP contribution in [0.5, 0.6) is 0 Å². The normalized spacial score (nSPS) is 12.0. The van der Waals surface area contributed by atoms with Gasteiger partial charge in [0.2, 0.25) is 0 Å². The zero-order valence-electron chi connectivity index (χ0n) is 48.3. The summed E-state index contributed by atoms with van der Waals surface area (Å²) < 4.78 is 17.0. The SMILES string of the molecule is CCCCCCCCCC/C=C\CCCCCCCCCC(=O)OCC(COC(=O)CCCCCCCCCCCCCCCCCC)OC(=O)CCCCCCCCCCCCCCCCCCCC. The number of esters is 3. The third-order valence-electron chi connectivity index (χ3n) is 14.8. The summed E-state index contributed by atoms with van der Waals surface area (Å²) in [6.45, 7) is 6.72. The highest BCUT2D eigenvalue weighted by Gasteiger charge is 2.19. The number of ether oxygens (including phenoxy) is 3. The van der Waals surface area contributed by atoms with E-state index in [1.807, 2.05) is 0 Å². The Kier molecular flexibility index (Phi) is 59.1. The van der Waals surface area contributed by atoms with E-state index >= 15 is 0 Å². The van der Waals surface area contributed by atoms with Crippen LogP contribution in [0.15, 0.2) is 12.2 Å². The Morgan fingerprint density at radius 3 is 0.704 bits per heavy atom. The fraction of sp³-hybridized carbons (Fsp3) is 0.923. The lowest BCUT2D eigenvalue weighted by Crippen LogP contribution is -2.30. The first-order chi connectivity index (χ1) is 35.0. The molecule has 0 aromatic rings. The van der Waals surface area contributed by atoms with Gasteiger partial charge in [-0.15, -0.1) is 0 Å². The molecule has 0 saturated carbocycles. The molecule has 0 aromatic heterocycles. The summed E-state index contributed by atoms with van der Waals surface area (Å²) in [5, 5.41) is 0. The van der Waals surface area contributed by atoms with Crippen LogP contribution in [0, 0.1) is 0 Å². The average Bonchev–Trinajstić information content (AvgIpc) is 3.37. The molecule has 0 spiro atoms. The molecule has 71 heavy (non-hydrogen) atoms. The molecule has 0 rings (SSSR count). The molecule has 0 radical (unpaired) electrons. The number of allylic oxidation sites excluding steroid dienone is 2. The zero-order chi connectivity index (χ0) is 51.4. The molecule has 0 amide bonds. The molecule has 0 bridgehead atoms. The van der Waals surface area contributed by atoms with Gasteiger partial charge in [-0.25, -0.2) is 0 Å². The third kappa shape index (κ3) is 58.9. The summed E-state index contributed by atoms with van der Waals surface area (Å²) in [5.41, 5.74) is 0. The number of rotatable bonds is 60. The van der Waals surface area contributed by atoms with Crippen LogP contribution in [0.4, 0.5) is 0 Å². The summed E-state index contributed by atoms with van der Waals surface area (Å²) in [6, 6.07) is 0. The van der Waals surface area contributed by atoms with E-state index in [1.54, 1.807) is 0 Å². The molecule has 1 unspecified atom stereocenters. The second kappa shape index (κ2) is 60.7. The van der Waals surface area contributed by atoms with E-state index in [0.717, 1.165) is 57.8 Å². The molecule has 0 fully saturated rings. The molecule has 1 atom stereocenters. The van der Waals surface area contributed by atoms with Gasteiger partial charge in [0.05, 0.1) is 0 Å². The van der Waals surface area contributed by atoms with Gasteiger partial charge in [-0.3, -0.25) is 14.4 Å². The Hall–Kier alpha value is -1.85. The fourth-order valence-electron chi connectivity index (χ4n) is 9.91. The number of carbonyl (C=O) groups is 3.